The van der Waals surface area contributed by atoms with Crippen LogP contribution in [0.25, 0.3) is 0 Å². The largest absolute Gasteiger partial charge is 0.497 e. The second-order valence-corrected chi connectivity index (χ2v) is 6.09. The molecular formula is C17H25NO3. The van der Waals surface area contributed by atoms with Crippen LogP contribution in [-0.2, 0) is 0 Å². The van der Waals surface area contributed by atoms with Gasteiger partial charge in [-0.1, -0.05) is 12.8 Å². The first-order chi connectivity index (χ1) is 9.95. The summed E-state index contributed by atoms with van der Waals surface area (Å²) in [5.41, 5.74) is 1.03. The first kappa shape index (κ1) is 15.8. The van der Waals surface area contributed by atoms with Crippen LogP contribution in [0.3, 0.4) is 0 Å². The highest BCUT2D eigenvalue weighted by atomic mass is 16.5. The van der Waals surface area contributed by atoms with Gasteiger partial charge in [-0.05, 0) is 49.9 Å². The average molecular weight is 291 g/mol. The van der Waals surface area contributed by atoms with E-state index in [4.69, 9.17) is 4.74 Å². The van der Waals surface area contributed by atoms with Gasteiger partial charge in [-0.3, -0.25) is 4.79 Å². The van der Waals surface area contributed by atoms with Crippen LogP contribution in [-0.4, -0.2) is 42.2 Å². The Labute approximate surface area is 126 Å². The van der Waals surface area contributed by atoms with Gasteiger partial charge in [0.25, 0.3) is 5.91 Å². The molecule has 1 amide bonds. The summed E-state index contributed by atoms with van der Waals surface area (Å²) in [6, 6.07) is 5.47. The highest BCUT2D eigenvalue weighted by molar-refractivity contribution is 5.95. The van der Waals surface area contributed by atoms with Gasteiger partial charge < -0.3 is 14.7 Å². The number of rotatable bonds is 5. The molecule has 1 saturated carbocycles. The molecule has 1 aromatic rings. The van der Waals surface area contributed by atoms with Crippen LogP contribution in [0, 0.1) is 6.92 Å². The molecule has 0 spiro atoms. The lowest BCUT2D eigenvalue weighted by Crippen LogP contribution is -2.34. The van der Waals surface area contributed by atoms with Crippen molar-refractivity contribution in [1.29, 1.82) is 0 Å². The SMILES string of the molecule is COc1ccc(C(=O)N(C)CCC2(O)CCCC2)c(C)c1. The second kappa shape index (κ2) is 6.48. The Balaban J connectivity index is 1.98. The van der Waals surface area contributed by atoms with Gasteiger partial charge in [0.15, 0.2) is 0 Å². The Morgan fingerprint density at radius 3 is 2.62 bits per heavy atom. The highest BCUT2D eigenvalue weighted by Crippen LogP contribution is 2.32. The molecule has 1 aliphatic carbocycles. The van der Waals surface area contributed by atoms with Crippen molar-refractivity contribution in [2.24, 2.45) is 0 Å². The van der Waals surface area contributed by atoms with Crippen molar-refractivity contribution in [3.63, 3.8) is 0 Å². The molecule has 1 N–H and O–H groups in total. The fraction of sp³-hybridized carbons (Fsp3) is 0.588. The normalized spacial score (nSPS) is 16.8. The van der Waals surface area contributed by atoms with E-state index in [-0.39, 0.29) is 5.91 Å². The zero-order valence-electron chi connectivity index (χ0n) is 13.2. The van der Waals surface area contributed by atoms with E-state index < -0.39 is 5.60 Å². The van der Waals surface area contributed by atoms with Gasteiger partial charge in [-0.15, -0.1) is 0 Å². The third-order valence-electron chi connectivity index (χ3n) is 4.46. The molecule has 0 atom stereocenters. The Bertz CT molecular complexity index is 507. The van der Waals surface area contributed by atoms with Crippen LogP contribution in [0.5, 0.6) is 5.75 Å². The summed E-state index contributed by atoms with van der Waals surface area (Å²) in [6.45, 7) is 2.49. The van der Waals surface area contributed by atoms with E-state index in [1.807, 2.05) is 13.0 Å². The molecule has 1 aromatic carbocycles. The van der Waals surface area contributed by atoms with Crippen molar-refractivity contribution < 1.29 is 14.6 Å². The molecule has 0 unspecified atom stereocenters. The lowest BCUT2D eigenvalue weighted by atomic mass is 9.97. The summed E-state index contributed by atoms with van der Waals surface area (Å²) in [4.78, 5) is 14.2. The Morgan fingerprint density at radius 2 is 2.05 bits per heavy atom. The second-order valence-electron chi connectivity index (χ2n) is 6.09. The number of aryl methyl sites for hydroxylation is 1. The number of amides is 1. The Hall–Kier alpha value is -1.55. The fourth-order valence-corrected chi connectivity index (χ4v) is 2.97. The van der Waals surface area contributed by atoms with Crippen LogP contribution < -0.4 is 4.74 Å². The summed E-state index contributed by atoms with van der Waals surface area (Å²) < 4.78 is 5.16. The van der Waals surface area contributed by atoms with Gasteiger partial charge in [0, 0.05) is 19.2 Å². The van der Waals surface area contributed by atoms with Crippen LogP contribution in [0.15, 0.2) is 18.2 Å². The van der Waals surface area contributed by atoms with E-state index >= 15 is 0 Å². The molecule has 0 aliphatic heterocycles. The zero-order chi connectivity index (χ0) is 15.5. The van der Waals surface area contributed by atoms with Gasteiger partial charge in [0.2, 0.25) is 0 Å². The Morgan fingerprint density at radius 1 is 1.38 bits per heavy atom. The van der Waals surface area contributed by atoms with E-state index in [1.54, 1.807) is 31.2 Å². The van der Waals surface area contributed by atoms with Crippen molar-refractivity contribution in [2.75, 3.05) is 20.7 Å². The monoisotopic (exact) mass is 291 g/mol. The molecule has 21 heavy (non-hydrogen) atoms. The van der Waals surface area contributed by atoms with Crippen molar-refractivity contribution in [2.45, 2.75) is 44.6 Å². The standard InChI is InChI=1S/C17H25NO3/c1-13-12-14(21-3)6-7-15(13)16(19)18(2)11-10-17(20)8-4-5-9-17/h6-7,12,20H,4-5,8-11H2,1-3H3. The average Bonchev–Trinajstić information content (AvgIpc) is 2.91. The van der Waals surface area contributed by atoms with Crippen LogP contribution >= 0.6 is 0 Å². The van der Waals surface area contributed by atoms with Crippen molar-refractivity contribution in [3.05, 3.63) is 29.3 Å². The minimum atomic E-state index is -0.566. The molecule has 0 saturated heterocycles. The van der Waals surface area contributed by atoms with E-state index in [2.05, 4.69) is 0 Å². The molecule has 0 aromatic heterocycles. The molecule has 1 fully saturated rings. The van der Waals surface area contributed by atoms with Crippen LogP contribution in [0.4, 0.5) is 0 Å². The molecule has 4 nitrogen and oxygen atoms in total. The fourth-order valence-electron chi connectivity index (χ4n) is 2.97. The third kappa shape index (κ3) is 3.76. The van der Waals surface area contributed by atoms with Gasteiger partial charge >= 0.3 is 0 Å². The Kier molecular flexibility index (Phi) is 4.88. The maximum absolute atomic E-state index is 12.5. The number of carbonyl (C=O) groups excluding carboxylic acids is 1. The molecule has 0 heterocycles. The van der Waals surface area contributed by atoms with E-state index in [0.29, 0.717) is 18.5 Å². The molecule has 2 rings (SSSR count). The smallest absolute Gasteiger partial charge is 0.253 e. The van der Waals surface area contributed by atoms with E-state index in [9.17, 15) is 9.90 Å². The van der Waals surface area contributed by atoms with Gasteiger partial charge in [-0.25, -0.2) is 0 Å². The summed E-state index contributed by atoms with van der Waals surface area (Å²) in [5.74, 6) is 0.753. The molecule has 0 bridgehead atoms. The van der Waals surface area contributed by atoms with Gasteiger partial charge in [-0.2, -0.15) is 0 Å². The summed E-state index contributed by atoms with van der Waals surface area (Å²) >= 11 is 0. The van der Waals surface area contributed by atoms with Crippen LogP contribution in [0.2, 0.25) is 0 Å². The number of aliphatic hydroxyl groups is 1. The molecule has 0 radical (unpaired) electrons. The van der Waals surface area contributed by atoms with E-state index in [1.165, 1.54) is 0 Å². The van der Waals surface area contributed by atoms with Crippen LogP contribution in [0.1, 0.15) is 48.0 Å². The number of nitrogens with zero attached hydrogens (tertiary/aromatic N) is 1. The topological polar surface area (TPSA) is 49.8 Å². The number of carbonyl (C=O) groups is 1. The predicted octanol–water partition coefficient (Wildman–Crippen LogP) is 2.77. The number of benzene rings is 1. The maximum atomic E-state index is 12.5. The summed E-state index contributed by atoms with van der Waals surface area (Å²) in [5, 5.41) is 10.4. The summed E-state index contributed by atoms with van der Waals surface area (Å²) in [7, 11) is 3.41. The first-order valence-electron chi connectivity index (χ1n) is 7.58. The number of hydrogen-bond donors (Lipinski definition) is 1. The highest BCUT2D eigenvalue weighted by Gasteiger charge is 2.31. The van der Waals surface area contributed by atoms with Crippen molar-refractivity contribution in [3.8, 4) is 5.75 Å². The number of methoxy groups -OCH3 is 1. The van der Waals surface area contributed by atoms with Gasteiger partial charge in [0.05, 0.1) is 12.7 Å². The maximum Gasteiger partial charge on any atom is 0.253 e. The quantitative estimate of drug-likeness (QED) is 0.907. The lowest BCUT2D eigenvalue weighted by molar-refractivity contribution is 0.0296. The molecule has 1 aliphatic rings. The summed E-state index contributed by atoms with van der Waals surface area (Å²) in [6.07, 6.45) is 4.55. The van der Waals surface area contributed by atoms with Crippen molar-refractivity contribution in [1.82, 2.24) is 4.90 Å². The minimum absolute atomic E-state index is 0.00301. The number of hydrogen-bond acceptors (Lipinski definition) is 3. The first-order valence-corrected chi connectivity index (χ1v) is 7.58. The molecule has 116 valence electrons. The van der Waals surface area contributed by atoms with Gasteiger partial charge in [0.1, 0.15) is 5.75 Å². The van der Waals surface area contributed by atoms with E-state index in [0.717, 1.165) is 37.0 Å². The third-order valence-corrected chi connectivity index (χ3v) is 4.46. The molecule has 4 heteroatoms. The predicted molar refractivity (Wildman–Crippen MR) is 82.7 cm³/mol. The molecular weight excluding hydrogens is 266 g/mol. The van der Waals surface area contributed by atoms with Crippen molar-refractivity contribution >= 4 is 5.91 Å². The minimum Gasteiger partial charge on any atom is -0.497 e. The lowest BCUT2D eigenvalue weighted by Gasteiger charge is -2.26. The number of ether oxygens (including phenoxy) is 1. The zero-order valence-corrected chi connectivity index (χ0v) is 13.2.